The molecule has 0 radical (unpaired) electrons. The van der Waals surface area contributed by atoms with Gasteiger partial charge in [0.05, 0.1) is 12.0 Å². The molecule has 1 aromatic heterocycles. The lowest BCUT2D eigenvalue weighted by molar-refractivity contribution is -0.367. The number of aryl methyl sites for hydroxylation is 2. The van der Waals surface area contributed by atoms with Gasteiger partial charge in [-0.2, -0.15) is 18.2 Å². The van der Waals surface area contributed by atoms with E-state index in [1.165, 1.54) is 0 Å². The van der Waals surface area contributed by atoms with Crippen molar-refractivity contribution in [3.05, 3.63) is 17.6 Å². The van der Waals surface area contributed by atoms with Crippen molar-refractivity contribution in [2.24, 2.45) is 10.8 Å². The summed E-state index contributed by atoms with van der Waals surface area (Å²) in [7, 11) is 0. The van der Waals surface area contributed by atoms with Crippen molar-refractivity contribution >= 4 is 0 Å². The summed E-state index contributed by atoms with van der Waals surface area (Å²) in [6.45, 7) is 8.09. The summed E-state index contributed by atoms with van der Waals surface area (Å²) < 4.78 is 43.9. The van der Waals surface area contributed by atoms with Crippen LogP contribution >= 0.6 is 0 Å². The van der Waals surface area contributed by atoms with Crippen molar-refractivity contribution in [3.8, 4) is 5.88 Å². The molecule has 0 aliphatic heterocycles. The summed E-state index contributed by atoms with van der Waals surface area (Å²) in [4.78, 5) is 8.42. The number of hydrogen-bond acceptors (Lipinski definition) is 3. The molecule has 0 aromatic carbocycles. The zero-order valence-electron chi connectivity index (χ0n) is 13.5. The molecule has 0 spiro atoms. The monoisotopic (exact) mass is 316 g/mol. The summed E-state index contributed by atoms with van der Waals surface area (Å²) in [6, 6.07) is 1.76. The number of rotatable bonds is 4. The van der Waals surface area contributed by atoms with Crippen LogP contribution in [0.1, 0.15) is 51.6 Å². The van der Waals surface area contributed by atoms with Crippen LogP contribution < -0.4 is 4.74 Å². The first kappa shape index (κ1) is 17.0. The minimum atomic E-state index is -4.06. The van der Waals surface area contributed by atoms with Gasteiger partial charge in [0, 0.05) is 17.2 Å². The molecule has 124 valence electrons. The van der Waals surface area contributed by atoms with Crippen LogP contribution in [0.2, 0.25) is 0 Å². The van der Waals surface area contributed by atoms with Crippen LogP contribution in [0.3, 0.4) is 0 Å². The third-order valence-corrected chi connectivity index (χ3v) is 4.50. The third-order valence-electron chi connectivity index (χ3n) is 4.50. The Balaban J connectivity index is 0.000000847. The van der Waals surface area contributed by atoms with E-state index < -0.39 is 11.6 Å². The average Bonchev–Trinajstić information content (AvgIpc) is 2.35. The summed E-state index contributed by atoms with van der Waals surface area (Å²) in [5.74, 6) is 1.10. The number of ether oxygens (including phenoxy) is 1. The van der Waals surface area contributed by atoms with Crippen LogP contribution in [0.25, 0.3) is 0 Å². The molecule has 0 unspecified atom stereocenters. The molecule has 3 aliphatic rings. The van der Waals surface area contributed by atoms with Gasteiger partial charge in [-0.3, -0.25) is 0 Å². The van der Waals surface area contributed by atoms with Crippen molar-refractivity contribution in [2.75, 3.05) is 6.61 Å². The van der Waals surface area contributed by atoms with Gasteiger partial charge in [0.15, 0.2) is 0 Å². The first-order chi connectivity index (χ1) is 10.3. The standard InChI is InChI=1S/C14H17F3N2O.C2H6/c1-3-10-4-11(19-9(2)18-10)20-8-12-5-13(6-12,7-12)14(15,16)17;1-2/h4H,3,5-8H2,1-2H3;1-2H3. The molecule has 0 saturated heterocycles. The number of hydrogen-bond donors (Lipinski definition) is 0. The molecule has 3 aliphatic carbocycles. The van der Waals surface area contributed by atoms with Gasteiger partial charge < -0.3 is 4.74 Å². The summed E-state index contributed by atoms with van der Waals surface area (Å²) in [5, 5.41) is 0. The SMILES string of the molecule is CC.CCc1cc(OCC23CC(C(F)(F)F)(C2)C3)nc(C)n1. The minimum Gasteiger partial charge on any atom is -0.477 e. The molecule has 0 N–H and O–H groups in total. The molecular weight excluding hydrogens is 293 g/mol. The van der Waals surface area contributed by atoms with Crippen molar-refractivity contribution < 1.29 is 17.9 Å². The van der Waals surface area contributed by atoms with Gasteiger partial charge in [0.25, 0.3) is 0 Å². The quantitative estimate of drug-likeness (QED) is 0.821. The fourth-order valence-corrected chi connectivity index (χ4v) is 3.53. The molecule has 1 heterocycles. The summed E-state index contributed by atoms with van der Waals surface area (Å²) in [5.41, 5.74) is -0.801. The van der Waals surface area contributed by atoms with Gasteiger partial charge >= 0.3 is 6.18 Å². The van der Waals surface area contributed by atoms with Gasteiger partial charge in [-0.05, 0) is 32.6 Å². The Morgan fingerprint density at radius 3 is 2.27 bits per heavy atom. The lowest BCUT2D eigenvalue weighted by atomic mass is 9.35. The Kier molecular flexibility index (Phi) is 4.42. The highest BCUT2D eigenvalue weighted by molar-refractivity contribution is 5.22. The lowest BCUT2D eigenvalue weighted by Gasteiger charge is -2.70. The largest absolute Gasteiger partial charge is 0.477 e. The molecular formula is C16H23F3N2O. The Labute approximate surface area is 129 Å². The molecule has 4 rings (SSSR count). The average molecular weight is 316 g/mol. The Morgan fingerprint density at radius 1 is 1.18 bits per heavy atom. The van der Waals surface area contributed by atoms with Gasteiger partial charge in [0.2, 0.25) is 5.88 Å². The number of nitrogens with zero attached hydrogens (tertiary/aromatic N) is 2. The third kappa shape index (κ3) is 2.79. The predicted molar refractivity (Wildman–Crippen MR) is 77.8 cm³/mol. The van der Waals surface area contributed by atoms with Crippen LogP contribution in [0.5, 0.6) is 5.88 Å². The van der Waals surface area contributed by atoms with E-state index in [-0.39, 0.29) is 24.7 Å². The molecule has 0 atom stereocenters. The van der Waals surface area contributed by atoms with Crippen molar-refractivity contribution in [3.63, 3.8) is 0 Å². The van der Waals surface area contributed by atoms with Gasteiger partial charge in [0.1, 0.15) is 5.82 Å². The lowest BCUT2D eigenvalue weighted by Crippen LogP contribution is -2.69. The fourth-order valence-electron chi connectivity index (χ4n) is 3.53. The van der Waals surface area contributed by atoms with Gasteiger partial charge in [-0.1, -0.05) is 20.8 Å². The molecule has 1 aromatic rings. The molecule has 3 saturated carbocycles. The second-order valence-corrected chi connectivity index (χ2v) is 6.20. The van der Waals surface area contributed by atoms with Crippen LogP contribution in [-0.4, -0.2) is 22.8 Å². The highest BCUT2D eigenvalue weighted by atomic mass is 19.4. The highest BCUT2D eigenvalue weighted by Crippen LogP contribution is 2.78. The van der Waals surface area contributed by atoms with Crippen molar-refractivity contribution in [1.29, 1.82) is 0 Å². The second-order valence-electron chi connectivity index (χ2n) is 6.20. The minimum absolute atomic E-state index is 0.203. The molecule has 3 fully saturated rings. The van der Waals surface area contributed by atoms with E-state index in [4.69, 9.17) is 4.74 Å². The second kappa shape index (κ2) is 5.70. The fraction of sp³-hybridized carbons (Fsp3) is 0.750. The van der Waals surface area contributed by atoms with E-state index in [1.807, 2.05) is 20.8 Å². The van der Waals surface area contributed by atoms with Crippen molar-refractivity contribution in [1.82, 2.24) is 9.97 Å². The van der Waals surface area contributed by atoms with Gasteiger partial charge in [-0.25, -0.2) is 4.98 Å². The zero-order valence-corrected chi connectivity index (χ0v) is 13.5. The number of alkyl halides is 3. The van der Waals surface area contributed by atoms with E-state index in [0.29, 0.717) is 18.3 Å². The molecule has 22 heavy (non-hydrogen) atoms. The normalized spacial score (nSPS) is 28.9. The first-order valence-corrected chi connectivity index (χ1v) is 7.82. The van der Waals surface area contributed by atoms with Crippen LogP contribution in [0, 0.1) is 17.8 Å². The Hall–Kier alpha value is -1.33. The first-order valence-electron chi connectivity index (χ1n) is 7.82. The molecule has 3 nitrogen and oxygen atoms in total. The molecule has 2 bridgehead atoms. The van der Waals surface area contributed by atoms with Gasteiger partial charge in [-0.15, -0.1) is 0 Å². The van der Waals surface area contributed by atoms with E-state index in [0.717, 1.165) is 12.1 Å². The van der Waals surface area contributed by atoms with Crippen LogP contribution in [0.4, 0.5) is 13.2 Å². The number of halogens is 3. The maximum atomic E-state index is 12.7. The topological polar surface area (TPSA) is 35.0 Å². The maximum Gasteiger partial charge on any atom is 0.394 e. The maximum absolute atomic E-state index is 12.7. The highest BCUT2D eigenvalue weighted by Gasteiger charge is 2.78. The Morgan fingerprint density at radius 2 is 1.77 bits per heavy atom. The van der Waals surface area contributed by atoms with Crippen molar-refractivity contribution in [2.45, 2.75) is 59.6 Å². The predicted octanol–water partition coefficient (Wildman–Crippen LogP) is 4.49. The zero-order chi connectivity index (χ0) is 16.6. The van der Waals surface area contributed by atoms with Crippen LogP contribution in [-0.2, 0) is 6.42 Å². The van der Waals surface area contributed by atoms with E-state index in [9.17, 15) is 13.2 Å². The van der Waals surface area contributed by atoms with E-state index in [2.05, 4.69) is 9.97 Å². The Bertz CT molecular complexity index is 523. The van der Waals surface area contributed by atoms with Crippen LogP contribution in [0.15, 0.2) is 6.07 Å². The van der Waals surface area contributed by atoms with E-state index >= 15 is 0 Å². The number of aromatic nitrogens is 2. The molecule has 6 heteroatoms. The smallest absolute Gasteiger partial charge is 0.394 e. The summed E-state index contributed by atoms with van der Waals surface area (Å²) in [6.07, 6.45) is -2.67. The van der Waals surface area contributed by atoms with E-state index in [1.54, 1.807) is 13.0 Å². The summed E-state index contributed by atoms with van der Waals surface area (Å²) >= 11 is 0. The molecule has 0 amide bonds.